The van der Waals surface area contributed by atoms with Crippen LogP contribution in [-0.4, -0.2) is 6.04 Å². The van der Waals surface area contributed by atoms with Crippen molar-refractivity contribution < 1.29 is 4.74 Å². The lowest BCUT2D eigenvalue weighted by molar-refractivity contribution is 0.174. The maximum absolute atomic E-state index is 6.14. The molecule has 2 aromatic rings. The van der Waals surface area contributed by atoms with Crippen LogP contribution in [0, 0.1) is 0 Å². The summed E-state index contributed by atoms with van der Waals surface area (Å²) in [5, 5.41) is 0. The first-order valence-corrected chi connectivity index (χ1v) is 7.12. The molecule has 0 fully saturated rings. The van der Waals surface area contributed by atoms with E-state index < -0.39 is 0 Å². The largest absolute Gasteiger partial charge is 0.483 e. The predicted molar refractivity (Wildman–Crippen MR) is 77.4 cm³/mol. The summed E-state index contributed by atoms with van der Waals surface area (Å²) in [4.78, 5) is 1.07. The van der Waals surface area contributed by atoms with E-state index in [0.29, 0.717) is 0 Å². The van der Waals surface area contributed by atoms with Crippen molar-refractivity contribution in [1.29, 1.82) is 0 Å². The van der Waals surface area contributed by atoms with E-state index in [2.05, 4.69) is 6.92 Å². The minimum Gasteiger partial charge on any atom is -0.483 e. The van der Waals surface area contributed by atoms with Crippen molar-refractivity contribution in [3.63, 3.8) is 0 Å². The van der Waals surface area contributed by atoms with Crippen molar-refractivity contribution in [1.82, 2.24) is 0 Å². The summed E-state index contributed by atoms with van der Waals surface area (Å²) in [5.74, 6) is 0.830. The van der Waals surface area contributed by atoms with E-state index in [9.17, 15) is 0 Å². The molecule has 0 radical (unpaired) electrons. The van der Waals surface area contributed by atoms with Crippen LogP contribution >= 0.6 is 22.9 Å². The van der Waals surface area contributed by atoms with Gasteiger partial charge in [0.2, 0.25) is 0 Å². The second-order valence-corrected chi connectivity index (χ2v) is 5.81. The Bertz CT molecular complexity index is 486. The van der Waals surface area contributed by atoms with Crippen molar-refractivity contribution in [2.24, 2.45) is 5.73 Å². The first kappa shape index (κ1) is 13.4. The van der Waals surface area contributed by atoms with Gasteiger partial charge in [-0.1, -0.05) is 36.7 Å². The Labute approximate surface area is 116 Å². The van der Waals surface area contributed by atoms with Gasteiger partial charge in [0.05, 0.1) is 4.34 Å². The number of halogens is 1. The van der Waals surface area contributed by atoms with Crippen LogP contribution in [0.4, 0.5) is 0 Å². The molecule has 0 spiro atoms. The molecule has 2 N–H and O–H groups in total. The number of hydrogen-bond acceptors (Lipinski definition) is 3. The van der Waals surface area contributed by atoms with Gasteiger partial charge < -0.3 is 10.5 Å². The maximum atomic E-state index is 6.14. The monoisotopic (exact) mass is 281 g/mol. The predicted octanol–water partition coefficient (Wildman–Crippen LogP) is 4.26. The first-order chi connectivity index (χ1) is 8.70. The fraction of sp³-hybridized carbons (Fsp3) is 0.286. The van der Waals surface area contributed by atoms with Gasteiger partial charge in [-0.25, -0.2) is 0 Å². The maximum Gasteiger partial charge on any atom is 0.148 e. The highest BCUT2D eigenvalue weighted by Crippen LogP contribution is 2.32. The zero-order valence-corrected chi connectivity index (χ0v) is 11.7. The van der Waals surface area contributed by atoms with Crippen molar-refractivity contribution >= 4 is 22.9 Å². The Kier molecular flexibility index (Phi) is 4.64. The van der Waals surface area contributed by atoms with E-state index in [1.54, 1.807) is 0 Å². The van der Waals surface area contributed by atoms with Gasteiger partial charge in [0.1, 0.15) is 11.9 Å². The van der Waals surface area contributed by atoms with Crippen molar-refractivity contribution in [3.8, 4) is 5.75 Å². The van der Waals surface area contributed by atoms with E-state index in [1.165, 1.54) is 11.3 Å². The molecule has 0 aliphatic heterocycles. The molecule has 0 aliphatic rings. The highest BCUT2D eigenvalue weighted by Gasteiger charge is 2.22. The fourth-order valence-electron chi connectivity index (χ4n) is 1.70. The Balaban J connectivity index is 2.21. The third-order valence-electron chi connectivity index (χ3n) is 2.74. The third kappa shape index (κ3) is 3.25. The zero-order chi connectivity index (χ0) is 13.0. The summed E-state index contributed by atoms with van der Waals surface area (Å²) in [5.41, 5.74) is 6.14. The fourth-order valence-corrected chi connectivity index (χ4v) is 2.86. The van der Waals surface area contributed by atoms with Crippen LogP contribution in [0.3, 0.4) is 0 Å². The van der Waals surface area contributed by atoms with Gasteiger partial charge in [-0.2, -0.15) is 0 Å². The van der Waals surface area contributed by atoms with Crippen LogP contribution in [0.1, 0.15) is 24.3 Å². The van der Waals surface area contributed by atoms with E-state index in [1.807, 2.05) is 42.5 Å². The molecule has 1 heterocycles. The highest BCUT2D eigenvalue weighted by molar-refractivity contribution is 7.16. The molecule has 2 nitrogen and oxygen atoms in total. The summed E-state index contributed by atoms with van der Waals surface area (Å²) >= 11 is 7.50. The molecule has 2 atom stereocenters. The van der Waals surface area contributed by atoms with E-state index in [-0.39, 0.29) is 12.1 Å². The molecule has 0 aliphatic carbocycles. The molecule has 1 aromatic heterocycles. The van der Waals surface area contributed by atoms with Gasteiger partial charge in [-0.15, -0.1) is 11.3 Å². The molecule has 18 heavy (non-hydrogen) atoms. The molecule has 0 amide bonds. The van der Waals surface area contributed by atoms with Gasteiger partial charge in [-0.05, 0) is 30.7 Å². The van der Waals surface area contributed by atoms with Crippen molar-refractivity contribution in [2.45, 2.75) is 25.5 Å². The normalized spacial score (nSPS) is 14.2. The second kappa shape index (κ2) is 6.23. The average Bonchev–Trinajstić information content (AvgIpc) is 2.83. The van der Waals surface area contributed by atoms with Gasteiger partial charge in [-0.3, -0.25) is 0 Å². The van der Waals surface area contributed by atoms with Crippen LogP contribution in [0.2, 0.25) is 4.34 Å². The molecular formula is C14H16ClNOS. The van der Waals surface area contributed by atoms with Crippen LogP contribution in [-0.2, 0) is 0 Å². The molecule has 1 aromatic carbocycles. The van der Waals surface area contributed by atoms with Crippen molar-refractivity contribution in [3.05, 3.63) is 51.7 Å². The van der Waals surface area contributed by atoms with Gasteiger partial charge in [0.25, 0.3) is 0 Å². The lowest BCUT2D eigenvalue weighted by Gasteiger charge is -2.23. The second-order valence-electron chi connectivity index (χ2n) is 4.07. The lowest BCUT2D eigenvalue weighted by atomic mass is 10.1. The van der Waals surface area contributed by atoms with Gasteiger partial charge >= 0.3 is 0 Å². The van der Waals surface area contributed by atoms with Crippen molar-refractivity contribution in [2.75, 3.05) is 0 Å². The van der Waals surface area contributed by atoms with E-state index >= 15 is 0 Å². The topological polar surface area (TPSA) is 35.2 Å². The molecule has 96 valence electrons. The summed E-state index contributed by atoms with van der Waals surface area (Å²) in [7, 11) is 0. The number of thiophene rings is 1. The molecule has 0 saturated carbocycles. The SMILES string of the molecule is CCC(N)C(Oc1ccccc1)c1ccc(Cl)s1. The van der Waals surface area contributed by atoms with Crippen LogP contribution in [0.15, 0.2) is 42.5 Å². The van der Waals surface area contributed by atoms with E-state index in [4.69, 9.17) is 22.1 Å². The number of rotatable bonds is 5. The number of benzene rings is 1. The number of ether oxygens (including phenoxy) is 1. The van der Waals surface area contributed by atoms with Gasteiger partial charge in [0.15, 0.2) is 0 Å². The Hall–Kier alpha value is -1.03. The number of nitrogens with two attached hydrogens (primary N) is 1. The molecule has 4 heteroatoms. The Morgan fingerprint density at radius 1 is 1.22 bits per heavy atom. The molecule has 2 rings (SSSR count). The minimum absolute atomic E-state index is 0.0417. The average molecular weight is 282 g/mol. The lowest BCUT2D eigenvalue weighted by Crippen LogP contribution is -2.30. The minimum atomic E-state index is -0.144. The summed E-state index contributed by atoms with van der Waals surface area (Å²) in [6, 6.07) is 13.6. The number of hydrogen-bond donors (Lipinski definition) is 1. The summed E-state index contributed by atoms with van der Waals surface area (Å²) < 4.78 is 6.75. The molecule has 0 bridgehead atoms. The standard InChI is InChI=1S/C14H16ClNOS/c1-2-11(16)14(12-8-9-13(15)18-12)17-10-6-4-3-5-7-10/h3-9,11,14H,2,16H2,1H3. The van der Waals surface area contributed by atoms with Gasteiger partial charge in [0, 0.05) is 10.9 Å². The smallest absolute Gasteiger partial charge is 0.148 e. The Morgan fingerprint density at radius 2 is 1.94 bits per heavy atom. The molecule has 2 unspecified atom stereocenters. The Morgan fingerprint density at radius 3 is 2.50 bits per heavy atom. The summed E-state index contributed by atoms with van der Waals surface area (Å²) in [6.07, 6.45) is 0.711. The quantitative estimate of drug-likeness (QED) is 0.889. The highest BCUT2D eigenvalue weighted by atomic mass is 35.5. The first-order valence-electron chi connectivity index (χ1n) is 5.93. The zero-order valence-electron chi connectivity index (χ0n) is 10.2. The van der Waals surface area contributed by atoms with Crippen LogP contribution < -0.4 is 10.5 Å². The van der Waals surface area contributed by atoms with Crippen LogP contribution in [0.25, 0.3) is 0 Å². The summed E-state index contributed by atoms with van der Waals surface area (Å²) in [6.45, 7) is 2.06. The molecule has 0 saturated heterocycles. The van der Waals surface area contributed by atoms with Crippen LogP contribution in [0.5, 0.6) is 5.75 Å². The van der Waals surface area contributed by atoms with E-state index in [0.717, 1.165) is 21.4 Å². The number of para-hydroxylation sites is 1. The molecular weight excluding hydrogens is 266 g/mol. The third-order valence-corrected chi connectivity index (χ3v) is 4.03.